The number of rotatable bonds is 8. The highest BCUT2D eigenvalue weighted by atomic mass is 16.4. The summed E-state index contributed by atoms with van der Waals surface area (Å²) in [7, 11) is 0. The number of nitrogens with zero attached hydrogens (tertiary/aromatic N) is 1. The van der Waals surface area contributed by atoms with E-state index in [2.05, 4.69) is 16.0 Å². The quantitative estimate of drug-likeness (QED) is 0.236. The highest BCUT2D eigenvalue weighted by Gasteiger charge is 2.22. The number of phenolic OH excluding ortho intramolecular Hbond substituents is 1. The predicted octanol–water partition coefficient (Wildman–Crippen LogP) is 4.25. The molecule has 0 bridgehead atoms. The predicted molar refractivity (Wildman–Crippen MR) is 145 cm³/mol. The first kappa shape index (κ1) is 28.1. The van der Waals surface area contributed by atoms with Crippen LogP contribution >= 0.6 is 0 Å². The van der Waals surface area contributed by atoms with Crippen molar-refractivity contribution in [2.75, 3.05) is 16.0 Å². The van der Waals surface area contributed by atoms with Crippen LogP contribution in [0.15, 0.2) is 48.5 Å². The van der Waals surface area contributed by atoms with Crippen LogP contribution < -0.4 is 16.0 Å². The number of nitriles is 1. The van der Waals surface area contributed by atoms with E-state index in [-0.39, 0.29) is 46.3 Å². The molecule has 0 unspecified atom stereocenters. The second-order valence-corrected chi connectivity index (χ2v) is 8.53. The Kier molecular flexibility index (Phi) is 8.42. The number of carboxylic acids is 1. The van der Waals surface area contributed by atoms with E-state index in [0.717, 1.165) is 6.07 Å². The van der Waals surface area contributed by atoms with E-state index in [1.807, 2.05) is 6.07 Å². The van der Waals surface area contributed by atoms with Gasteiger partial charge in [-0.05, 0) is 54.4 Å². The lowest BCUT2D eigenvalue weighted by Crippen LogP contribution is -2.24. The topological polar surface area (TPSA) is 192 Å². The molecule has 0 aromatic heterocycles. The van der Waals surface area contributed by atoms with E-state index >= 15 is 0 Å². The number of amides is 3. The normalized spacial score (nSPS) is 10.2. The maximum atomic E-state index is 13.0. The molecule has 0 saturated carbocycles. The Morgan fingerprint density at radius 3 is 2.23 bits per heavy atom. The summed E-state index contributed by atoms with van der Waals surface area (Å²) >= 11 is 0. The Bertz CT molecular complexity index is 1570. The molecule has 39 heavy (non-hydrogen) atoms. The Hall–Kier alpha value is -5.50. The number of benzene rings is 3. The first-order valence-corrected chi connectivity index (χ1v) is 11.7. The second-order valence-electron chi connectivity index (χ2n) is 8.53. The SMILES string of the molecule is CCC(=O)Nc1cc(O)c(C(=N)C(=O)Nc2ccc(C#N)cc2C(=O)O)cc1-c1ccc(NC(C)=O)cc1C. The van der Waals surface area contributed by atoms with Gasteiger partial charge in [0.25, 0.3) is 5.91 Å². The fourth-order valence-corrected chi connectivity index (χ4v) is 3.81. The molecule has 0 fully saturated rings. The van der Waals surface area contributed by atoms with Crippen LogP contribution in [0.4, 0.5) is 17.1 Å². The lowest BCUT2D eigenvalue weighted by atomic mass is 9.94. The van der Waals surface area contributed by atoms with Gasteiger partial charge in [0.15, 0.2) is 0 Å². The zero-order valence-electron chi connectivity index (χ0n) is 21.3. The highest BCUT2D eigenvalue weighted by Crippen LogP contribution is 2.37. The fraction of sp³-hybridized carbons (Fsp3) is 0.143. The van der Waals surface area contributed by atoms with Crippen molar-refractivity contribution in [3.05, 3.63) is 70.8 Å². The Balaban J connectivity index is 2.06. The second kappa shape index (κ2) is 11.7. The summed E-state index contributed by atoms with van der Waals surface area (Å²) < 4.78 is 0. The van der Waals surface area contributed by atoms with Gasteiger partial charge in [-0.3, -0.25) is 19.8 Å². The molecule has 3 aromatic rings. The molecular weight excluding hydrogens is 502 g/mol. The lowest BCUT2D eigenvalue weighted by molar-refractivity contribution is -0.116. The molecule has 11 heteroatoms. The van der Waals surface area contributed by atoms with Crippen LogP contribution in [0, 0.1) is 23.7 Å². The Morgan fingerprint density at radius 1 is 0.923 bits per heavy atom. The van der Waals surface area contributed by atoms with E-state index in [1.54, 1.807) is 32.0 Å². The lowest BCUT2D eigenvalue weighted by Gasteiger charge is -2.17. The summed E-state index contributed by atoms with van der Waals surface area (Å²) in [6.07, 6.45) is 0.164. The van der Waals surface area contributed by atoms with Crippen LogP contribution in [-0.2, 0) is 14.4 Å². The van der Waals surface area contributed by atoms with Gasteiger partial charge in [-0.1, -0.05) is 13.0 Å². The van der Waals surface area contributed by atoms with Gasteiger partial charge in [-0.25, -0.2) is 4.79 Å². The van der Waals surface area contributed by atoms with Crippen molar-refractivity contribution >= 4 is 46.5 Å². The van der Waals surface area contributed by atoms with Crippen molar-refractivity contribution in [3.63, 3.8) is 0 Å². The Labute approximate surface area is 223 Å². The monoisotopic (exact) mass is 527 g/mol. The number of nitrogens with one attached hydrogen (secondary N) is 4. The number of hydrogen-bond donors (Lipinski definition) is 6. The van der Waals surface area contributed by atoms with Crippen LogP contribution in [0.25, 0.3) is 11.1 Å². The smallest absolute Gasteiger partial charge is 0.337 e. The van der Waals surface area contributed by atoms with Gasteiger partial charge in [-0.15, -0.1) is 0 Å². The van der Waals surface area contributed by atoms with Gasteiger partial charge in [0.05, 0.1) is 28.6 Å². The van der Waals surface area contributed by atoms with Crippen LogP contribution in [0.5, 0.6) is 5.75 Å². The van der Waals surface area contributed by atoms with Crippen molar-refractivity contribution in [2.24, 2.45) is 0 Å². The molecule has 3 rings (SSSR count). The molecule has 0 atom stereocenters. The molecule has 198 valence electrons. The molecule has 0 spiro atoms. The average molecular weight is 528 g/mol. The molecule has 11 nitrogen and oxygen atoms in total. The molecule has 6 N–H and O–H groups in total. The van der Waals surface area contributed by atoms with E-state index < -0.39 is 23.3 Å². The molecule has 3 amide bonds. The maximum Gasteiger partial charge on any atom is 0.337 e. The molecule has 3 aromatic carbocycles. The third kappa shape index (κ3) is 6.44. The minimum Gasteiger partial charge on any atom is -0.507 e. The molecule has 0 radical (unpaired) electrons. The average Bonchev–Trinajstić information content (AvgIpc) is 2.88. The number of aromatic carboxylic acids is 1. The molecule has 0 aliphatic heterocycles. The highest BCUT2D eigenvalue weighted by molar-refractivity contribution is 6.48. The van der Waals surface area contributed by atoms with Gasteiger partial charge in [0, 0.05) is 36.2 Å². The van der Waals surface area contributed by atoms with E-state index in [4.69, 9.17) is 10.7 Å². The van der Waals surface area contributed by atoms with Crippen molar-refractivity contribution in [1.82, 2.24) is 0 Å². The third-order valence-electron chi connectivity index (χ3n) is 5.69. The van der Waals surface area contributed by atoms with E-state index in [1.165, 1.54) is 31.2 Å². The third-order valence-corrected chi connectivity index (χ3v) is 5.69. The number of carbonyl (C=O) groups excluding carboxylic acids is 3. The summed E-state index contributed by atoms with van der Waals surface area (Å²) in [6, 6.07) is 13.1. The van der Waals surface area contributed by atoms with Crippen molar-refractivity contribution < 1.29 is 29.4 Å². The molecule has 0 heterocycles. The van der Waals surface area contributed by atoms with Crippen molar-refractivity contribution in [3.8, 4) is 22.9 Å². The van der Waals surface area contributed by atoms with Gasteiger partial charge >= 0.3 is 5.97 Å². The zero-order chi connectivity index (χ0) is 28.9. The first-order chi connectivity index (χ1) is 18.4. The van der Waals surface area contributed by atoms with E-state index in [0.29, 0.717) is 22.4 Å². The zero-order valence-corrected chi connectivity index (χ0v) is 21.3. The summed E-state index contributed by atoms with van der Waals surface area (Å²) in [4.78, 5) is 48.2. The van der Waals surface area contributed by atoms with Crippen molar-refractivity contribution in [1.29, 1.82) is 10.7 Å². The minimum absolute atomic E-state index is 0.0763. The molecule has 0 aliphatic carbocycles. The van der Waals surface area contributed by atoms with Gasteiger partial charge in [0.2, 0.25) is 11.8 Å². The van der Waals surface area contributed by atoms with Gasteiger partial charge in [0.1, 0.15) is 11.5 Å². The maximum absolute atomic E-state index is 13.0. The van der Waals surface area contributed by atoms with Gasteiger partial charge < -0.3 is 26.2 Å². The first-order valence-electron chi connectivity index (χ1n) is 11.7. The standard InChI is InChI=1S/C28H25N5O6/c1-4-25(36)32-23-12-24(35)21(11-19(23)18-7-6-17(9-14(18)2)31-15(3)34)26(30)27(37)33-22-8-5-16(13-29)10-20(22)28(38)39/h5-12,30,35H,4H2,1-3H3,(H,31,34)(H,32,36)(H,33,37)(H,38,39). The summed E-state index contributed by atoms with van der Waals surface area (Å²) in [6.45, 7) is 4.81. The largest absolute Gasteiger partial charge is 0.507 e. The number of anilines is 3. The number of hydrogen-bond acceptors (Lipinski definition) is 7. The number of carboxylic acid groups (broad SMARTS) is 1. The number of phenols is 1. The van der Waals surface area contributed by atoms with Gasteiger partial charge in [-0.2, -0.15) is 5.26 Å². The number of aromatic hydroxyl groups is 1. The minimum atomic E-state index is -1.38. The van der Waals surface area contributed by atoms with Crippen LogP contribution in [0.2, 0.25) is 0 Å². The Morgan fingerprint density at radius 2 is 1.64 bits per heavy atom. The molecule has 0 aliphatic rings. The van der Waals surface area contributed by atoms with Crippen LogP contribution in [-0.4, -0.2) is 39.6 Å². The number of aryl methyl sites for hydroxylation is 1. The summed E-state index contributed by atoms with van der Waals surface area (Å²) in [5.41, 5.74) is 1.25. The number of carbonyl (C=O) groups is 4. The fourth-order valence-electron chi connectivity index (χ4n) is 3.81. The van der Waals surface area contributed by atoms with Crippen LogP contribution in [0.1, 0.15) is 47.3 Å². The summed E-state index contributed by atoms with van der Waals surface area (Å²) in [5, 5.41) is 45.4. The van der Waals surface area contributed by atoms with Crippen molar-refractivity contribution in [2.45, 2.75) is 27.2 Å². The van der Waals surface area contributed by atoms with E-state index in [9.17, 15) is 29.4 Å². The molecule has 0 saturated heterocycles. The summed E-state index contributed by atoms with van der Waals surface area (Å²) in [5.74, 6) is -3.43. The van der Waals surface area contributed by atoms with Crippen LogP contribution in [0.3, 0.4) is 0 Å². The molecular formula is C28H25N5O6.